The zero-order chi connectivity index (χ0) is 12.9. The van der Waals surface area contributed by atoms with E-state index in [9.17, 15) is 0 Å². The van der Waals surface area contributed by atoms with Crippen molar-refractivity contribution in [2.75, 3.05) is 0 Å². The lowest BCUT2D eigenvalue weighted by Crippen LogP contribution is -2.16. The zero-order valence-electron chi connectivity index (χ0n) is 11.0. The topological polar surface area (TPSA) is 36.4 Å². The predicted octanol–water partition coefficient (Wildman–Crippen LogP) is 3.31. The molecule has 94 valence electrons. The van der Waals surface area contributed by atoms with Crippen LogP contribution in [-0.2, 0) is 0 Å². The Kier molecular flexibility index (Phi) is 9.62. The second-order valence-corrected chi connectivity index (χ2v) is 3.63. The maximum atomic E-state index is 3.92. The molecule has 3 heteroatoms. The summed E-state index contributed by atoms with van der Waals surface area (Å²) in [6.45, 7) is 9.89. The SMILES string of the molecule is C=C(N/C=C\N=C/C)N/C=C\C(C)C/C=C/C. The van der Waals surface area contributed by atoms with Crippen LogP contribution >= 0.6 is 0 Å². The van der Waals surface area contributed by atoms with E-state index in [0.717, 1.165) is 12.2 Å². The average Bonchev–Trinajstić information content (AvgIpc) is 2.32. The second-order valence-electron chi connectivity index (χ2n) is 3.63. The molecule has 0 aliphatic heterocycles. The largest absolute Gasteiger partial charge is 0.349 e. The lowest BCUT2D eigenvalue weighted by atomic mass is 10.1. The van der Waals surface area contributed by atoms with Gasteiger partial charge in [-0.05, 0) is 32.4 Å². The first kappa shape index (κ1) is 15.2. The Hall–Kier alpha value is -1.77. The molecular weight excluding hydrogens is 210 g/mol. The van der Waals surface area contributed by atoms with Crippen molar-refractivity contribution in [3.05, 3.63) is 49.2 Å². The van der Waals surface area contributed by atoms with Crippen LogP contribution in [0.5, 0.6) is 0 Å². The van der Waals surface area contributed by atoms with E-state index < -0.39 is 0 Å². The highest BCUT2D eigenvalue weighted by atomic mass is 15.1. The van der Waals surface area contributed by atoms with Crippen LogP contribution in [-0.4, -0.2) is 6.21 Å². The molecule has 0 saturated heterocycles. The summed E-state index contributed by atoms with van der Waals surface area (Å²) in [5.74, 6) is 1.24. The summed E-state index contributed by atoms with van der Waals surface area (Å²) in [4.78, 5) is 3.92. The Morgan fingerprint density at radius 3 is 2.65 bits per heavy atom. The Bertz CT molecular complexity index is 311. The number of nitrogens with one attached hydrogen (secondary N) is 2. The van der Waals surface area contributed by atoms with E-state index in [0.29, 0.717) is 5.92 Å². The molecule has 0 heterocycles. The third-order valence-corrected chi connectivity index (χ3v) is 1.99. The third-order valence-electron chi connectivity index (χ3n) is 1.99. The first-order valence-corrected chi connectivity index (χ1v) is 5.83. The van der Waals surface area contributed by atoms with Crippen molar-refractivity contribution in [1.82, 2.24) is 10.6 Å². The molecule has 0 aliphatic carbocycles. The van der Waals surface area contributed by atoms with Crippen LogP contribution < -0.4 is 10.6 Å². The van der Waals surface area contributed by atoms with Crippen LogP contribution in [0.25, 0.3) is 0 Å². The van der Waals surface area contributed by atoms with E-state index in [2.05, 4.69) is 47.4 Å². The van der Waals surface area contributed by atoms with Gasteiger partial charge in [-0.15, -0.1) is 0 Å². The summed E-state index contributed by atoms with van der Waals surface area (Å²) in [7, 11) is 0. The van der Waals surface area contributed by atoms with Crippen molar-refractivity contribution in [3.63, 3.8) is 0 Å². The minimum Gasteiger partial charge on any atom is -0.349 e. The van der Waals surface area contributed by atoms with E-state index in [1.165, 1.54) is 0 Å². The summed E-state index contributed by atoms with van der Waals surface area (Å²) in [6.07, 6.45) is 14.4. The first-order chi connectivity index (χ1) is 8.20. The molecule has 0 spiro atoms. The summed E-state index contributed by atoms with van der Waals surface area (Å²) >= 11 is 0. The van der Waals surface area contributed by atoms with Gasteiger partial charge in [-0.1, -0.05) is 31.7 Å². The molecular formula is C14H23N3. The maximum absolute atomic E-state index is 3.92. The number of rotatable bonds is 8. The highest BCUT2D eigenvalue weighted by Gasteiger charge is 1.91. The van der Waals surface area contributed by atoms with Crippen molar-refractivity contribution in [1.29, 1.82) is 0 Å². The molecule has 0 fully saturated rings. The molecule has 1 atom stereocenters. The van der Waals surface area contributed by atoms with E-state index in [1.807, 2.05) is 20.0 Å². The van der Waals surface area contributed by atoms with Crippen LogP contribution in [0.15, 0.2) is 54.2 Å². The Balaban J connectivity index is 3.79. The summed E-state index contributed by atoms with van der Waals surface area (Å²) < 4.78 is 0. The molecule has 2 N–H and O–H groups in total. The van der Waals surface area contributed by atoms with Gasteiger partial charge in [0.1, 0.15) is 0 Å². The highest BCUT2D eigenvalue weighted by Crippen LogP contribution is 2.03. The molecule has 0 aromatic carbocycles. The van der Waals surface area contributed by atoms with Crippen molar-refractivity contribution < 1.29 is 0 Å². The third kappa shape index (κ3) is 10.5. The fraction of sp³-hybridized carbons (Fsp3) is 0.357. The predicted molar refractivity (Wildman–Crippen MR) is 76.5 cm³/mol. The van der Waals surface area contributed by atoms with Crippen molar-refractivity contribution >= 4 is 6.21 Å². The van der Waals surface area contributed by atoms with Crippen molar-refractivity contribution in [3.8, 4) is 0 Å². The quantitative estimate of drug-likeness (QED) is 0.498. The van der Waals surface area contributed by atoms with Crippen molar-refractivity contribution in [2.24, 2.45) is 10.9 Å². The van der Waals surface area contributed by atoms with Crippen LogP contribution in [0.4, 0.5) is 0 Å². The number of nitrogens with zero attached hydrogens (tertiary/aromatic N) is 1. The molecule has 0 radical (unpaired) electrons. The normalized spacial score (nSPS) is 14.1. The lowest BCUT2D eigenvalue weighted by molar-refractivity contribution is 0.736. The Labute approximate surface area is 105 Å². The number of allylic oxidation sites excluding steroid dienone is 3. The molecule has 0 bridgehead atoms. The first-order valence-electron chi connectivity index (χ1n) is 5.83. The minimum atomic E-state index is 0.520. The van der Waals surface area contributed by atoms with Gasteiger partial charge < -0.3 is 10.6 Å². The van der Waals surface area contributed by atoms with Gasteiger partial charge in [0.05, 0.1) is 5.82 Å². The van der Waals surface area contributed by atoms with Crippen LogP contribution in [0.3, 0.4) is 0 Å². The van der Waals surface area contributed by atoms with Gasteiger partial charge in [0.15, 0.2) is 0 Å². The van der Waals surface area contributed by atoms with Gasteiger partial charge in [0, 0.05) is 18.6 Å². The van der Waals surface area contributed by atoms with Gasteiger partial charge in [-0.3, -0.25) is 4.99 Å². The molecule has 0 saturated carbocycles. The minimum absolute atomic E-state index is 0.520. The van der Waals surface area contributed by atoms with Crippen LogP contribution in [0, 0.1) is 5.92 Å². The molecule has 0 aliphatic rings. The van der Waals surface area contributed by atoms with Gasteiger partial charge in [-0.2, -0.15) is 0 Å². The van der Waals surface area contributed by atoms with Gasteiger partial charge in [0.2, 0.25) is 0 Å². The fourth-order valence-corrected chi connectivity index (χ4v) is 1.05. The van der Waals surface area contributed by atoms with E-state index >= 15 is 0 Å². The smallest absolute Gasteiger partial charge is 0.0993 e. The van der Waals surface area contributed by atoms with E-state index in [1.54, 1.807) is 18.6 Å². The molecule has 17 heavy (non-hydrogen) atoms. The molecule has 0 rings (SSSR count). The lowest BCUT2D eigenvalue weighted by Gasteiger charge is -2.05. The molecule has 0 amide bonds. The summed E-state index contributed by atoms with van der Waals surface area (Å²) in [5, 5.41) is 6.02. The number of hydrogen-bond donors (Lipinski definition) is 2. The van der Waals surface area contributed by atoms with Crippen LogP contribution in [0.1, 0.15) is 27.2 Å². The summed E-state index contributed by atoms with van der Waals surface area (Å²) in [6, 6.07) is 0. The Morgan fingerprint density at radius 2 is 2.00 bits per heavy atom. The molecule has 0 aromatic heterocycles. The van der Waals surface area contributed by atoms with Gasteiger partial charge in [0.25, 0.3) is 0 Å². The highest BCUT2D eigenvalue weighted by molar-refractivity contribution is 5.54. The number of hydrogen-bond acceptors (Lipinski definition) is 3. The van der Waals surface area contributed by atoms with Crippen LogP contribution in [0.2, 0.25) is 0 Å². The van der Waals surface area contributed by atoms with E-state index in [-0.39, 0.29) is 0 Å². The van der Waals surface area contributed by atoms with Gasteiger partial charge >= 0.3 is 0 Å². The fourth-order valence-electron chi connectivity index (χ4n) is 1.05. The maximum Gasteiger partial charge on any atom is 0.0993 e. The molecule has 1 unspecified atom stereocenters. The van der Waals surface area contributed by atoms with Crippen molar-refractivity contribution in [2.45, 2.75) is 27.2 Å². The monoisotopic (exact) mass is 233 g/mol. The van der Waals surface area contributed by atoms with E-state index in [4.69, 9.17) is 0 Å². The standard InChI is InChI=1S/C14H23N3/c1-5-7-8-13(3)9-10-16-14(4)17-12-11-15-6-2/h5-7,9-13,16-17H,4,8H2,1-3H3/b7-5+,10-9-,12-11-,15-6-. The van der Waals surface area contributed by atoms with Gasteiger partial charge in [-0.25, -0.2) is 0 Å². The molecule has 3 nitrogen and oxygen atoms in total. The summed E-state index contributed by atoms with van der Waals surface area (Å²) in [5.41, 5.74) is 0. The molecule has 0 aromatic rings. The average molecular weight is 233 g/mol. The number of aliphatic imine (C=N–C) groups is 1. The Morgan fingerprint density at radius 1 is 1.29 bits per heavy atom. The zero-order valence-corrected chi connectivity index (χ0v) is 11.0. The second kappa shape index (κ2) is 10.7.